The van der Waals surface area contributed by atoms with E-state index in [1.165, 1.54) is 0 Å². The Bertz CT molecular complexity index is 548. The van der Waals surface area contributed by atoms with Crippen molar-refractivity contribution in [2.24, 2.45) is 0 Å². The lowest BCUT2D eigenvalue weighted by molar-refractivity contribution is 0.805. The number of halogens is 1. The summed E-state index contributed by atoms with van der Waals surface area (Å²) < 4.78 is 1.77. The third-order valence-corrected chi connectivity index (χ3v) is 3.26. The van der Waals surface area contributed by atoms with Gasteiger partial charge in [0.05, 0.1) is 16.4 Å². The van der Waals surface area contributed by atoms with E-state index in [-0.39, 0.29) is 0 Å². The van der Waals surface area contributed by atoms with E-state index in [2.05, 4.69) is 22.3 Å². The number of pyridine rings is 1. The lowest BCUT2D eigenvalue weighted by Gasteiger charge is -2.07. The summed E-state index contributed by atoms with van der Waals surface area (Å²) in [6.45, 7) is 6.87. The minimum Gasteiger partial charge on any atom is -0.370 e. The first-order valence-electron chi connectivity index (χ1n) is 6.06. The largest absolute Gasteiger partial charge is 0.370 e. The second kappa shape index (κ2) is 5.40. The number of nitrogens with one attached hydrogen (secondary N) is 1. The predicted octanol–water partition coefficient (Wildman–Crippen LogP) is 3.36. The van der Waals surface area contributed by atoms with Crippen molar-refractivity contribution in [2.45, 2.75) is 27.2 Å². The molecule has 0 unspecified atom stereocenters. The Morgan fingerprint density at radius 2 is 2.11 bits per heavy atom. The van der Waals surface area contributed by atoms with Gasteiger partial charge in [0.1, 0.15) is 5.82 Å². The van der Waals surface area contributed by atoms with Crippen LogP contribution in [0.3, 0.4) is 0 Å². The average molecular weight is 265 g/mol. The van der Waals surface area contributed by atoms with Gasteiger partial charge in [-0.05, 0) is 32.4 Å². The Morgan fingerprint density at radius 1 is 1.33 bits per heavy atom. The highest BCUT2D eigenvalue weighted by Crippen LogP contribution is 2.21. The summed E-state index contributed by atoms with van der Waals surface area (Å²) in [6.07, 6.45) is 1.07. The van der Waals surface area contributed by atoms with E-state index < -0.39 is 0 Å². The van der Waals surface area contributed by atoms with Crippen molar-refractivity contribution in [2.75, 3.05) is 11.9 Å². The first kappa shape index (κ1) is 12.9. The highest BCUT2D eigenvalue weighted by Gasteiger charge is 2.11. The Balaban J connectivity index is 2.35. The number of hydrogen-bond acceptors (Lipinski definition) is 3. The maximum Gasteiger partial charge on any atom is 0.156 e. The van der Waals surface area contributed by atoms with E-state index in [4.69, 9.17) is 11.6 Å². The molecule has 0 fully saturated rings. The first-order chi connectivity index (χ1) is 8.63. The van der Waals surface area contributed by atoms with Crippen LogP contribution in [0.25, 0.3) is 5.82 Å². The van der Waals surface area contributed by atoms with Gasteiger partial charge in [-0.15, -0.1) is 0 Å². The van der Waals surface area contributed by atoms with E-state index in [0.29, 0.717) is 5.02 Å². The summed E-state index contributed by atoms with van der Waals surface area (Å²) in [7, 11) is 0. The molecule has 0 aromatic carbocycles. The number of nitrogens with zero attached hydrogens (tertiary/aromatic N) is 3. The molecule has 96 valence electrons. The van der Waals surface area contributed by atoms with Crippen molar-refractivity contribution in [1.29, 1.82) is 0 Å². The fourth-order valence-electron chi connectivity index (χ4n) is 1.74. The number of rotatable bonds is 4. The van der Waals surface area contributed by atoms with Crippen molar-refractivity contribution in [3.63, 3.8) is 0 Å². The fraction of sp³-hybridized carbons (Fsp3) is 0.385. The lowest BCUT2D eigenvalue weighted by atomic mass is 10.4. The Labute approximate surface area is 112 Å². The van der Waals surface area contributed by atoms with E-state index >= 15 is 0 Å². The molecule has 0 saturated carbocycles. The second-order valence-corrected chi connectivity index (χ2v) is 4.58. The van der Waals surface area contributed by atoms with Gasteiger partial charge in [0.25, 0.3) is 0 Å². The highest BCUT2D eigenvalue weighted by atomic mass is 35.5. The topological polar surface area (TPSA) is 42.7 Å². The van der Waals surface area contributed by atoms with Gasteiger partial charge in [-0.1, -0.05) is 24.6 Å². The van der Waals surface area contributed by atoms with Crippen LogP contribution in [0.1, 0.15) is 24.7 Å². The van der Waals surface area contributed by atoms with Gasteiger partial charge < -0.3 is 5.32 Å². The van der Waals surface area contributed by atoms with Gasteiger partial charge in [0.15, 0.2) is 5.82 Å². The number of aromatic nitrogens is 3. The summed E-state index contributed by atoms with van der Waals surface area (Å²) in [5.74, 6) is 1.64. The molecule has 2 aromatic heterocycles. The molecule has 0 amide bonds. The molecule has 2 aromatic rings. The molecule has 0 bridgehead atoms. The summed E-state index contributed by atoms with van der Waals surface area (Å²) in [4.78, 5) is 4.53. The van der Waals surface area contributed by atoms with Crippen LogP contribution in [-0.4, -0.2) is 21.3 Å². The van der Waals surface area contributed by atoms with E-state index in [0.717, 1.165) is 36.0 Å². The van der Waals surface area contributed by atoms with E-state index in [1.807, 2.05) is 32.0 Å². The molecule has 18 heavy (non-hydrogen) atoms. The van der Waals surface area contributed by atoms with Crippen molar-refractivity contribution >= 4 is 17.4 Å². The molecule has 0 aliphatic rings. The lowest BCUT2D eigenvalue weighted by Crippen LogP contribution is -2.06. The third kappa shape index (κ3) is 2.48. The zero-order chi connectivity index (χ0) is 13.1. The van der Waals surface area contributed by atoms with Crippen LogP contribution in [0.5, 0.6) is 0 Å². The second-order valence-electron chi connectivity index (χ2n) is 4.20. The molecular weight excluding hydrogens is 248 g/mol. The Kier molecular flexibility index (Phi) is 3.87. The molecule has 1 N–H and O–H groups in total. The molecule has 0 aliphatic heterocycles. The van der Waals surface area contributed by atoms with Crippen molar-refractivity contribution < 1.29 is 0 Å². The maximum absolute atomic E-state index is 6.14. The first-order valence-corrected chi connectivity index (χ1v) is 6.44. The Morgan fingerprint density at radius 3 is 2.72 bits per heavy atom. The van der Waals surface area contributed by atoms with Crippen LogP contribution in [0, 0.1) is 13.8 Å². The molecule has 2 heterocycles. The quantitative estimate of drug-likeness (QED) is 0.921. The minimum absolute atomic E-state index is 0.698. The van der Waals surface area contributed by atoms with Gasteiger partial charge in [-0.3, -0.25) is 0 Å². The summed E-state index contributed by atoms with van der Waals surface area (Å²) in [5, 5.41) is 8.35. The molecule has 2 rings (SSSR count). The summed E-state index contributed by atoms with van der Waals surface area (Å²) in [5.41, 5.74) is 1.73. The smallest absolute Gasteiger partial charge is 0.156 e. The monoisotopic (exact) mass is 264 g/mol. The maximum atomic E-state index is 6.14. The molecule has 5 heteroatoms. The normalized spacial score (nSPS) is 10.7. The highest BCUT2D eigenvalue weighted by molar-refractivity contribution is 6.31. The van der Waals surface area contributed by atoms with Crippen molar-refractivity contribution in [3.8, 4) is 5.82 Å². The number of hydrogen-bond donors (Lipinski definition) is 1. The SMILES string of the molecule is CCCNc1cccc(-n2nc(C)c(Cl)c2C)n1. The predicted molar refractivity (Wildman–Crippen MR) is 74.6 cm³/mol. The Hall–Kier alpha value is -1.55. The molecule has 4 nitrogen and oxygen atoms in total. The molecule has 0 saturated heterocycles. The molecule has 0 spiro atoms. The third-order valence-electron chi connectivity index (χ3n) is 2.71. The van der Waals surface area contributed by atoms with Gasteiger partial charge in [0, 0.05) is 6.54 Å². The van der Waals surface area contributed by atoms with Crippen molar-refractivity contribution in [3.05, 3.63) is 34.6 Å². The van der Waals surface area contributed by atoms with Crippen LogP contribution >= 0.6 is 11.6 Å². The summed E-state index contributed by atoms with van der Waals surface area (Å²) in [6, 6.07) is 5.84. The molecule has 0 aliphatic carbocycles. The molecule has 0 radical (unpaired) electrons. The minimum atomic E-state index is 0.698. The zero-order valence-corrected chi connectivity index (χ0v) is 11.6. The van der Waals surface area contributed by atoms with Gasteiger partial charge in [0.2, 0.25) is 0 Å². The molecular formula is C13H17ClN4. The fourth-order valence-corrected chi connectivity index (χ4v) is 1.86. The van der Waals surface area contributed by atoms with Crippen LogP contribution in [0.4, 0.5) is 5.82 Å². The van der Waals surface area contributed by atoms with Gasteiger partial charge >= 0.3 is 0 Å². The number of anilines is 1. The van der Waals surface area contributed by atoms with Gasteiger partial charge in [-0.2, -0.15) is 5.10 Å². The summed E-state index contributed by atoms with van der Waals surface area (Å²) >= 11 is 6.14. The van der Waals surface area contributed by atoms with Crippen LogP contribution in [0.15, 0.2) is 18.2 Å². The van der Waals surface area contributed by atoms with E-state index in [1.54, 1.807) is 4.68 Å². The molecule has 0 atom stereocenters. The van der Waals surface area contributed by atoms with Crippen molar-refractivity contribution in [1.82, 2.24) is 14.8 Å². The van der Waals surface area contributed by atoms with Crippen LogP contribution in [0.2, 0.25) is 5.02 Å². The van der Waals surface area contributed by atoms with Gasteiger partial charge in [-0.25, -0.2) is 9.67 Å². The number of aryl methyl sites for hydroxylation is 1. The van der Waals surface area contributed by atoms with Crippen LogP contribution < -0.4 is 5.32 Å². The average Bonchev–Trinajstić information content (AvgIpc) is 2.64. The zero-order valence-electron chi connectivity index (χ0n) is 10.9. The van der Waals surface area contributed by atoms with Crippen LogP contribution in [-0.2, 0) is 0 Å². The standard InChI is InChI=1S/C13H17ClN4/c1-4-8-15-11-6-5-7-12(16-11)18-10(3)13(14)9(2)17-18/h5-7H,4,8H2,1-3H3,(H,15,16). The van der Waals surface area contributed by atoms with E-state index in [9.17, 15) is 0 Å².